The summed E-state index contributed by atoms with van der Waals surface area (Å²) in [5.74, 6) is 0.0256. The largest absolute Gasteiger partial charge is 0.289 e. The Hall–Kier alpha value is -3.27. The van der Waals surface area contributed by atoms with Crippen LogP contribution in [0.3, 0.4) is 0 Å². The van der Waals surface area contributed by atoms with E-state index in [0.29, 0.717) is 12.0 Å². The molecule has 0 atom stereocenters. The molecule has 4 nitrogen and oxygen atoms in total. The van der Waals surface area contributed by atoms with Crippen molar-refractivity contribution in [1.29, 1.82) is 0 Å². The van der Waals surface area contributed by atoms with Gasteiger partial charge in [-0.2, -0.15) is 0 Å². The Kier molecular flexibility index (Phi) is 3.24. The molecule has 0 aromatic heterocycles. The number of non-ortho nitro benzene ring substituents is 1. The lowest BCUT2D eigenvalue weighted by atomic mass is 9.84. The molecule has 1 aliphatic rings. The van der Waals surface area contributed by atoms with Crippen LogP contribution < -0.4 is 0 Å². The Bertz CT molecular complexity index is 1010. The van der Waals surface area contributed by atoms with E-state index in [1.807, 2.05) is 42.5 Å². The van der Waals surface area contributed by atoms with Gasteiger partial charge >= 0.3 is 0 Å². The van der Waals surface area contributed by atoms with Gasteiger partial charge in [0, 0.05) is 29.7 Å². The molecule has 24 heavy (non-hydrogen) atoms. The van der Waals surface area contributed by atoms with Crippen molar-refractivity contribution in [3.05, 3.63) is 93.0 Å². The van der Waals surface area contributed by atoms with Crippen molar-refractivity contribution in [2.75, 3.05) is 0 Å². The van der Waals surface area contributed by atoms with Crippen LogP contribution in [0.15, 0.2) is 66.2 Å². The van der Waals surface area contributed by atoms with Gasteiger partial charge in [-0.15, -0.1) is 0 Å². The number of hydrogen-bond donors (Lipinski definition) is 0. The number of nitrogens with zero attached hydrogens (tertiary/aromatic N) is 1. The first-order valence-corrected chi connectivity index (χ1v) is 7.64. The number of carbonyl (C=O) groups is 1. The fourth-order valence-corrected chi connectivity index (χ4v) is 3.22. The second kappa shape index (κ2) is 5.42. The van der Waals surface area contributed by atoms with Gasteiger partial charge in [-0.25, -0.2) is 0 Å². The number of nitro groups is 1. The number of rotatable bonds is 2. The summed E-state index contributed by atoms with van der Waals surface area (Å²) in [6, 6.07) is 18.1. The molecule has 3 aromatic carbocycles. The number of allylic oxidation sites excluding steroid dienone is 1. The molecule has 0 N–H and O–H groups in total. The van der Waals surface area contributed by atoms with Gasteiger partial charge in [0.1, 0.15) is 0 Å². The first kappa shape index (κ1) is 14.3. The van der Waals surface area contributed by atoms with Crippen LogP contribution in [0.25, 0.3) is 16.8 Å². The summed E-state index contributed by atoms with van der Waals surface area (Å²) in [5, 5.41) is 12.8. The van der Waals surface area contributed by atoms with Gasteiger partial charge < -0.3 is 0 Å². The van der Waals surface area contributed by atoms with Gasteiger partial charge in [-0.05, 0) is 40.1 Å². The van der Waals surface area contributed by atoms with Crippen molar-refractivity contribution >= 4 is 28.3 Å². The van der Waals surface area contributed by atoms with Gasteiger partial charge in [0.25, 0.3) is 5.69 Å². The van der Waals surface area contributed by atoms with E-state index in [1.54, 1.807) is 12.1 Å². The van der Waals surface area contributed by atoms with Crippen LogP contribution in [0.1, 0.15) is 21.5 Å². The molecule has 0 fully saturated rings. The summed E-state index contributed by atoms with van der Waals surface area (Å²) in [7, 11) is 0. The lowest BCUT2D eigenvalue weighted by Gasteiger charge is -2.18. The van der Waals surface area contributed by atoms with Crippen LogP contribution in [0.5, 0.6) is 0 Å². The molecule has 0 bridgehead atoms. The maximum Gasteiger partial charge on any atom is 0.269 e. The van der Waals surface area contributed by atoms with E-state index in [4.69, 9.17) is 0 Å². The summed E-state index contributed by atoms with van der Waals surface area (Å²) in [5.41, 5.74) is 3.39. The van der Waals surface area contributed by atoms with Gasteiger partial charge in [0.15, 0.2) is 5.78 Å². The zero-order valence-electron chi connectivity index (χ0n) is 12.7. The number of carbonyl (C=O) groups excluding carboxylic acids is 1. The molecule has 0 heterocycles. The summed E-state index contributed by atoms with van der Waals surface area (Å²) >= 11 is 0. The van der Waals surface area contributed by atoms with Crippen molar-refractivity contribution in [2.24, 2.45) is 0 Å². The zero-order chi connectivity index (χ0) is 16.7. The van der Waals surface area contributed by atoms with Gasteiger partial charge in [0.2, 0.25) is 0 Å². The molecular weight excluding hydrogens is 302 g/mol. The highest BCUT2D eigenvalue weighted by atomic mass is 16.6. The lowest BCUT2D eigenvalue weighted by Crippen LogP contribution is -2.13. The van der Waals surface area contributed by atoms with E-state index in [2.05, 4.69) is 0 Å². The van der Waals surface area contributed by atoms with Crippen LogP contribution >= 0.6 is 0 Å². The van der Waals surface area contributed by atoms with E-state index < -0.39 is 4.92 Å². The molecule has 1 aliphatic carbocycles. The second-order valence-electron chi connectivity index (χ2n) is 5.84. The number of ketones is 1. The number of nitro benzene ring substituents is 1. The average molecular weight is 315 g/mol. The third-order valence-corrected chi connectivity index (χ3v) is 4.35. The summed E-state index contributed by atoms with van der Waals surface area (Å²) in [6.45, 7) is 0. The quantitative estimate of drug-likeness (QED) is 0.395. The smallest absolute Gasteiger partial charge is 0.269 e. The normalized spacial score (nSPS) is 15.0. The summed E-state index contributed by atoms with van der Waals surface area (Å²) in [4.78, 5) is 23.1. The Morgan fingerprint density at radius 1 is 0.958 bits per heavy atom. The maximum atomic E-state index is 12.8. The van der Waals surface area contributed by atoms with Crippen molar-refractivity contribution in [2.45, 2.75) is 6.42 Å². The fourth-order valence-electron chi connectivity index (χ4n) is 3.22. The Morgan fingerprint density at radius 3 is 2.38 bits per heavy atom. The van der Waals surface area contributed by atoms with E-state index in [-0.39, 0.29) is 11.5 Å². The topological polar surface area (TPSA) is 60.2 Å². The molecule has 0 saturated carbocycles. The minimum absolute atomic E-state index is 0.0256. The first-order valence-electron chi connectivity index (χ1n) is 7.64. The number of Topliss-reactive ketones (excluding diaryl/α,β-unsaturated/α-hetero) is 1. The van der Waals surface area contributed by atoms with Gasteiger partial charge in [-0.3, -0.25) is 14.9 Å². The van der Waals surface area contributed by atoms with E-state index >= 15 is 0 Å². The summed E-state index contributed by atoms with van der Waals surface area (Å²) in [6.07, 6.45) is 2.39. The molecule has 116 valence electrons. The molecule has 0 saturated heterocycles. The first-order chi connectivity index (χ1) is 11.6. The lowest BCUT2D eigenvalue weighted by molar-refractivity contribution is -0.384. The summed E-state index contributed by atoms with van der Waals surface area (Å²) < 4.78 is 0. The highest BCUT2D eigenvalue weighted by Crippen LogP contribution is 2.32. The molecule has 3 aromatic rings. The molecule has 0 unspecified atom stereocenters. The predicted molar refractivity (Wildman–Crippen MR) is 93.1 cm³/mol. The molecule has 0 radical (unpaired) electrons. The molecular formula is C20H13NO3. The van der Waals surface area contributed by atoms with Crippen LogP contribution in [0, 0.1) is 10.1 Å². The zero-order valence-corrected chi connectivity index (χ0v) is 12.7. The van der Waals surface area contributed by atoms with Gasteiger partial charge in [-0.1, -0.05) is 36.4 Å². The van der Waals surface area contributed by atoms with Crippen molar-refractivity contribution < 1.29 is 9.72 Å². The maximum absolute atomic E-state index is 12.8. The van der Waals surface area contributed by atoms with Crippen LogP contribution in [0.4, 0.5) is 5.69 Å². The van der Waals surface area contributed by atoms with Crippen molar-refractivity contribution in [3.63, 3.8) is 0 Å². The SMILES string of the molecule is O=C1/C(=C/c2ccc([N+](=O)[O-])cc2)Cc2cccc3cccc1c23. The second-order valence-corrected chi connectivity index (χ2v) is 5.84. The molecule has 0 amide bonds. The Labute approximate surface area is 138 Å². The Morgan fingerprint density at radius 2 is 1.67 bits per heavy atom. The van der Waals surface area contributed by atoms with E-state index in [0.717, 1.165) is 27.5 Å². The third-order valence-electron chi connectivity index (χ3n) is 4.35. The monoisotopic (exact) mass is 315 g/mol. The Balaban J connectivity index is 1.78. The molecule has 4 rings (SSSR count). The number of hydrogen-bond acceptors (Lipinski definition) is 3. The minimum atomic E-state index is -0.431. The number of benzene rings is 3. The molecule has 0 spiro atoms. The highest BCUT2D eigenvalue weighted by Gasteiger charge is 2.23. The molecule has 0 aliphatic heterocycles. The van der Waals surface area contributed by atoms with Crippen molar-refractivity contribution in [1.82, 2.24) is 0 Å². The highest BCUT2D eigenvalue weighted by molar-refractivity contribution is 6.21. The standard InChI is InChI=1S/C20H13NO3/c22-20-16(11-13-7-9-17(10-8-13)21(23)24)12-15-5-1-3-14-4-2-6-18(20)19(14)15/h1-11H,12H2/b16-11+. The van der Waals surface area contributed by atoms with Gasteiger partial charge in [0.05, 0.1) is 4.92 Å². The van der Waals surface area contributed by atoms with Crippen LogP contribution in [-0.4, -0.2) is 10.7 Å². The van der Waals surface area contributed by atoms with Crippen LogP contribution in [0.2, 0.25) is 0 Å². The van der Waals surface area contributed by atoms with Crippen molar-refractivity contribution in [3.8, 4) is 0 Å². The van der Waals surface area contributed by atoms with E-state index in [9.17, 15) is 14.9 Å². The average Bonchev–Trinajstić information content (AvgIpc) is 2.60. The van der Waals surface area contributed by atoms with E-state index in [1.165, 1.54) is 12.1 Å². The predicted octanol–water partition coefficient (Wildman–Crippen LogP) is 4.57. The molecule has 4 heteroatoms. The van der Waals surface area contributed by atoms with Crippen LogP contribution in [-0.2, 0) is 6.42 Å². The minimum Gasteiger partial charge on any atom is -0.289 e. The fraction of sp³-hybridized carbons (Fsp3) is 0.0500. The third kappa shape index (κ3) is 2.29.